The molecule has 0 unspecified atom stereocenters. The highest BCUT2D eigenvalue weighted by molar-refractivity contribution is 6.06. The number of para-hydroxylation sites is 1. The minimum atomic E-state index is -0.296. The van der Waals surface area contributed by atoms with E-state index in [1.54, 1.807) is 30.3 Å². The van der Waals surface area contributed by atoms with Crippen molar-refractivity contribution < 1.29 is 14.3 Å². The second kappa shape index (κ2) is 10.6. The average molecular weight is 470 g/mol. The molecule has 1 heterocycles. The van der Waals surface area contributed by atoms with E-state index in [-0.39, 0.29) is 5.91 Å². The number of hydrogen-bond acceptors (Lipinski definition) is 7. The molecule has 35 heavy (non-hydrogen) atoms. The van der Waals surface area contributed by atoms with Gasteiger partial charge in [0, 0.05) is 28.8 Å². The third kappa shape index (κ3) is 5.86. The van der Waals surface area contributed by atoms with Crippen molar-refractivity contribution in [2.24, 2.45) is 0 Å². The van der Waals surface area contributed by atoms with Gasteiger partial charge >= 0.3 is 0 Å². The summed E-state index contributed by atoms with van der Waals surface area (Å²) in [5, 5.41) is 9.40. The second-order valence-corrected chi connectivity index (χ2v) is 7.91. The molecule has 0 aliphatic heterocycles. The highest BCUT2D eigenvalue weighted by atomic mass is 16.5. The van der Waals surface area contributed by atoms with Crippen molar-refractivity contribution in [1.82, 2.24) is 9.97 Å². The summed E-state index contributed by atoms with van der Waals surface area (Å²) < 4.78 is 10.6. The largest absolute Gasteiger partial charge is 0.493 e. The molecule has 1 amide bonds. The molecule has 1 aromatic heterocycles. The van der Waals surface area contributed by atoms with E-state index < -0.39 is 0 Å². The summed E-state index contributed by atoms with van der Waals surface area (Å²) in [6, 6.07) is 22.4. The number of nitrogens with one attached hydrogen (secondary N) is 3. The van der Waals surface area contributed by atoms with Crippen molar-refractivity contribution in [3.63, 3.8) is 0 Å². The SMILES string of the molecule is COc1cccc(C(=O)Nc2ccc(Nc3nc(C)cc(Nc4ccc(C)cc4)n3)cc2)c1OC. The van der Waals surface area contributed by atoms with Crippen LogP contribution < -0.4 is 25.4 Å². The van der Waals surface area contributed by atoms with Crippen LogP contribution in [-0.2, 0) is 0 Å². The standard InChI is InChI=1S/C27H27N5O3/c1-17-8-10-19(11-9-17)29-24-16-18(2)28-27(32-24)31-21-14-12-20(13-15-21)30-26(33)22-6-5-7-23(34-3)25(22)35-4/h5-16H,1-4H3,(H,30,33)(H2,28,29,31,32). The van der Waals surface area contributed by atoms with Crippen molar-refractivity contribution in [3.05, 3.63) is 89.6 Å². The van der Waals surface area contributed by atoms with Gasteiger partial charge in [-0.25, -0.2) is 4.98 Å². The van der Waals surface area contributed by atoms with Crippen molar-refractivity contribution in [2.45, 2.75) is 13.8 Å². The number of amides is 1. The zero-order valence-corrected chi connectivity index (χ0v) is 20.0. The Labute approximate surface area is 204 Å². The first-order valence-electron chi connectivity index (χ1n) is 11.0. The molecule has 3 N–H and O–H groups in total. The van der Waals surface area contributed by atoms with Gasteiger partial charge < -0.3 is 25.4 Å². The second-order valence-electron chi connectivity index (χ2n) is 7.91. The van der Waals surface area contributed by atoms with Gasteiger partial charge in [-0.2, -0.15) is 4.98 Å². The lowest BCUT2D eigenvalue weighted by Gasteiger charge is -2.13. The van der Waals surface area contributed by atoms with E-state index in [2.05, 4.69) is 25.9 Å². The van der Waals surface area contributed by atoms with Crippen LogP contribution in [-0.4, -0.2) is 30.1 Å². The number of aromatic nitrogens is 2. The fourth-order valence-electron chi connectivity index (χ4n) is 3.50. The van der Waals surface area contributed by atoms with Crippen LogP contribution in [0.4, 0.5) is 28.8 Å². The van der Waals surface area contributed by atoms with Gasteiger partial charge in [-0.3, -0.25) is 4.79 Å². The molecule has 3 aromatic carbocycles. The van der Waals surface area contributed by atoms with Gasteiger partial charge in [-0.15, -0.1) is 0 Å². The molecule has 4 aromatic rings. The quantitative estimate of drug-likeness (QED) is 0.298. The normalized spacial score (nSPS) is 10.4. The average Bonchev–Trinajstić information content (AvgIpc) is 2.85. The van der Waals surface area contributed by atoms with Crippen molar-refractivity contribution in [1.29, 1.82) is 0 Å². The molecule has 8 heteroatoms. The molecular weight excluding hydrogens is 442 g/mol. The molecule has 0 aliphatic carbocycles. The Morgan fingerprint density at radius 3 is 2.11 bits per heavy atom. The van der Waals surface area contributed by atoms with Gasteiger partial charge in [0.2, 0.25) is 5.95 Å². The summed E-state index contributed by atoms with van der Waals surface area (Å²) in [6.07, 6.45) is 0. The molecule has 0 fully saturated rings. The highest BCUT2D eigenvalue weighted by Crippen LogP contribution is 2.31. The Bertz CT molecular complexity index is 1320. The van der Waals surface area contributed by atoms with Gasteiger partial charge in [0.25, 0.3) is 5.91 Å². The van der Waals surface area contributed by atoms with Crippen LogP contribution in [0.25, 0.3) is 0 Å². The number of ether oxygens (including phenoxy) is 2. The fraction of sp³-hybridized carbons (Fsp3) is 0.148. The summed E-state index contributed by atoms with van der Waals surface area (Å²) in [7, 11) is 3.04. The highest BCUT2D eigenvalue weighted by Gasteiger charge is 2.16. The summed E-state index contributed by atoms with van der Waals surface area (Å²) in [5.41, 5.74) is 4.78. The summed E-state index contributed by atoms with van der Waals surface area (Å²) in [6.45, 7) is 3.96. The molecule has 178 valence electrons. The van der Waals surface area contributed by atoms with Gasteiger partial charge in [0.1, 0.15) is 5.82 Å². The molecule has 0 saturated carbocycles. The molecule has 0 bridgehead atoms. The number of methoxy groups -OCH3 is 2. The maximum atomic E-state index is 12.8. The van der Waals surface area contributed by atoms with E-state index in [1.807, 2.05) is 56.3 Å². The lowest BCUT2D eigenvalue weighted by Crippen LogP contribution is -2.13. The Kier molecular flexibility index (Phi) is 7.11. The number of anilines is 5. The van der Waals surface area contributed by atoms with Gasteiger partial charge in [-0.05, 0) is 62.4 Å². The lowest BCUT2D eigenvalue weighted by molar-refractivity contribution is 0.102. The zero-order valence-electron chi connectivity index (χ0n) is 20.0. The van der Waals surface area contributed by atoms with Crippen LogP contribution >= 0.6 is 0 Å². The molecular formula is C27H27N5O3. The van der Waals surface area contributed by atoms with Gasteiger partial charge in [-0.1, -0.05) is 23.8 Å². The third-order valence-electron chi connectivity index (χ3n) is 5.22. The Morgan fingerprint density at radius 1 is 0.771 bits per heavy atom. The molecule has 8 nitrogen and oxygen atoms in total. The number of aryl methyl sites for hydroxylation is 2. The van der Waals surface area contributed by atoms with Crippen LogP contribution in [0.3, 0.4) is 0 Å². The first-order chi connectivity index (χ1) is 16.9. The fourth-order valence-corrected chi connectivity index (χ4v) is 3.50. The number of hydrogen-bond donors (Lipinski definition) is 3. The monoisotopic (exact) mass is 469 g/mol. The summed E-state index contributed by atoms with van der Waals surface area (Å²) in [5.74, 6) is 1.75. The minimum absolute atomic E-state index is 0.296. The van der Waals surface area contributed by atoms with Crippen molar-refractivity contribution in [2.75, 3.05) is 30.2 Å². The topological polar surface area (TPSA) is 97.4 Å². The maximum absolute atomic E-state index is 12.8. The summed E-state index contributed by atoms with van der Waals surface area (Å²) in [4.78, 5) is 21.8. The number of carbonyl (C=O) groups is 1. The predicted molar refractivity (Wildman–Crippen MR) is 138 cm³/mol. The van der Waals surface area contributed by atoms with Crippen LogP contribution in [0.2, 0.25) is 0 Å². The van der Waals surface area contributed by atoms with Crippen LogP contribution in [0.5, 0.6) is 11.5 Å². The maximum Gasteiger partial charge on any atom is 0.259 e. The van der Waals surface area contributed by atoms with Crippen LogP contribution in [0.1, 0.15) is 21.6 Å². The molecule has 0 aliphatic rings. The van der Waals surface area contributed by atoms with E-state index in [9.17, 15) is 4.79 Å². The van der Waals surface area contributed by atoms with E-state index in [0.29, 0.717) is 34.5 Å². The van der Waals surface area contributed by atoms with Crippen LogP contribution in [0, 0.1) is 13.8 Å². The van der Waals surface area contributed by atoms with E-state index >= 15 is 0 Å². The summed E-state index contributed by atoms with van der Waals surface area (Å²) >= 11 is 0. The number of rotatable bonds is 8. The smallest absolute Gasteiger partial charge is 0.259 e. The molecule has 0 atom stereocenters. The first kappa shape index (κ1) is 23.6. The predicted octanol–water partition coefficient (Wildman–Crippen LogP) is 5.85. The Hall–Kier alpha value is -4.59. The molecule has 0 spiro atoms. The van der Waals surface area contributed by atoms with E-state index in [1.165, 1.54) is 19.8 Å². The molecule has 0 saturated heterocycles. The number of carbonyl (C=O) groups excluding carboxylic acids is 1. The van der Waals surface area contributed by atoms with E-state index in [0.717, 1.165) is 17.1 Å². The lowest BCUT2D eigenvalue weighted by atomic mass is 10.1. The van der Waals surface area contributed by atoms with Crippen LogP contribution in [0.15, 0.2) is 72.8 Å². The number of nitrogens with zero attached hydrogens (tertiary/aromatic N) is 2. The molecule has 4 rings (SSSR count). The third-order valence-corrected chi connectivity index (χ3v) is 5.22. The minimum Gasteiger partial charge on any atom is -0.493 e. The van der Waals surface area contributed by atoms with E-state index in [4.69, 9.17) is 9.47 Å². The van der Waals surface area contributed by atoms with Crippen molar-refractivity contribution in [3.8, 4) is 11.5 Å². The molecule has 0 radical (unpaired) electrons. The Morgan fingerprint density at radius 2 is 1.43 bits per heavy atom. The van der Waals surface area contributed by atoms with Gasteiger partial charge in [0.15, 0.2) is 11.5 Å². The first-order valence-corrected chi connectivity index (χ1v) is 11.0. The zero-order chi connectivity index (χ0) is 24.8. The number of benzene rings is 3. The Balaban J connectivity index is 1.45. The van der Waals surface area contributed by atoms with Gasteiger partial charge in [0.05, 0.1) is 19.8 Å². The van der Waals surface area contributed by atoms with Crippen molar-refractivity contribution >= 4 is 34.7 Å².